The normalized spacial score (nSPS) is 16.1. The monoisotopic (exact) mass is 469 g/mol. The Hall–Kier alpha value is -2.42. The molecule has 1 heterocycles. The van der Waals surface area contributed by atoms with Gasteiger partial charge in [0.2, 0.25) is 12.9 Å². The van der Waals surface area contributed by atoms with Crippen LogP contribution in [-0.2, 0) is 19.2 Å². The number of nitrogens with one attached hydrogen (secondary N) is 1. The molecule has 0 fully saturated rings. The van der Waals surface area contributed by atoms with Gasteiger partial charge in [0.15, 0.2) is 0 Å². The van der Waals surface area contributed by atoms with Crippen molar-refractivity contribution >= 4 is 29.6 Å². The summed E-state index contributed by atoms with van der Waals surface area (Å²) in [4.78, 5) is 27.4. The van der Waals surface area contributed by atoms with E-state index in [0.29, 0.717) is 16.1 Å². The van der Waals surface area contributed by atoms with Gasteiger partial charge in [0, 0.05) is 17.6 Å². The molecule has 2 rings (SSSR count). The highest BCUT2D eigenvalue weighted by atomic mass is 35.5. The lowest BCUT2D eigenvalue weighted by molar-refractivity contribution is -0.346. The summed E-state index contributed by atoms with van der Waals surface area (Å²) in [5.41, 5.74) is 2.14. The van der Waals surface area contributed by atoms with Gasteiger partial charge in [0.1, 0.15) is 12.3 Å². The van der Waals surface area contributed by atoms with E-state index in [0.717, 1.165) is 11.1 Å². The van der Waals surface area contributed by atoms with E-state index in [1.165, 1.54) is 13.1 Å². The van der Waals surface area contributed by atoms with Crippen molar-refractivity contribution in [1.82, 2.24) is 15.9 Å². The van der Waals surface area contributed by atoms with Crippen LogP contribution in [0.2, 0.25) is 5.02 Å². The molecule has 31 heavy (non-hydrogen) atoms. The first-order valence-electron chi connectivity index (χ1n) is 8.54. The Morgan fingerprint density at radius 3 is 2.58 bits per heavy atom. The van der Waals surface area contributed by atoms with Gasteiger partial charge >= 0.3 is 18.1 Å². The number of nitrogens with zero attached hydrogens (tertiary/aromatic N) is 2. The van der Waals surface area contributed by atoms with E-state index in [1.54, 1.807) is 13.8 Å². The summed E-state index contributed by atoms with van der Waals surface area (Å²) in [6.45, 7) is 1.66. The van der Waals surface area contributed by atoms with Crippen LogP contribution in [0.1, 0.15) is 16.7 Å². The number of alkyl halides is 3. The number of likely N-dealkylation sites (N-methyl/N-ethyl adjacent to an activating group) is 1. The Balaban J connectivity index is 2.12. The fraction of sp³-hybridized carbons (Fsp3) is 0.412. The van der Waals surface area contributed by atoms with Crippen molar-refractivity contribution in [3.63, 3.8) is 0 Å². The first-order chi connectivity index (χ1) is 14.3. The van der Waals surface area contributed by atoms with E-state index in [-0.39, 0.29) is 16.6 Å². The van der Waals surface area contributed by atoms with E-state index < -0.39 is 43.1 Å². The van der Waals surface area contributed by atoms with Crippen molar-refractivity contribution < 1.29 is 47.4 Å². The summed E-state index contributed by atoms with van der Waals surface area (Å²) >= 11 is 6.14. The maximum absolute atomic E-state index is 13.5. The SMILES string of the molecule is Cc1cc2c(c(C)c1Cl)C=C(C(=O)OCONN(O)N(C)CC(=O)O)[C@@H](C(F)(F)F)O2. The van der Waals surface area contributed by atoms with Crippen molar-refractivity contribution in [3.8, 4) is 5.75 Å². The van der Waals surface area contributed by atoms with E-state index in [4.69, 9.17) is 21.4 Å². The predicted octanol–water partition coefficient (Wildman–Crippen LogP) is 2.22. The van der Waals surface area contributed by atoms with Crippen molar-refractivity contribution in [2.24, 2.45) is 0 Å². The van der Waals surface area contributed by atoms with Crippen LogP contribution in [0.15, 0.2) is 11.6 Å². The number of hydrazine groups is 2. The molecular formula is C17H19ClF3N3O7. The van der Waals surface area contributed by atoms with Crippen LogP contribution in [-0.4, -0.2) is 65.2 Å². The van der Waals surface area contributed by atoms with Gasteiger partial charge in [-0.05, 0) is 42.4 Å². The number of hydrogen-bond donors (Lipinski definition) is 3. The zero-order chi connectivity index (χ0) is 23.5. The molecule has 0 spiro atoms. The zero-order valence-corrected chi connectivity index (χ0v) is 17.2. The Morgan fingerprint density at radius 2 is 2.00 bits per heavy atom. The van der Waals surface area contributed by atoms with Crippen molar-refractivity contribution in [2.75, 3.05) is 20.4 Å². The number of hydrogen-bond acceptors (Lipinski definition) is 9. The molecule has 0 amide bonds. The van der Waals surface area contributed by atoms with Gasteiger partial charge in [-0.1, -0.05) is 17.2 Å². The van der Waals surface area contributed by atoms with Gasteiger partial charge in [-0.3, -0.25) is 10.0 Å². The van der Waals surface area contributed by atoms with Gasteiger partial charge in [-0.15, -0.1) is 0 Å². The van der Waals surface area contributed by atoms with Gasteiger partial charge in [0.25, 0.3) is 0 Å². The molecule has 1 aromatic carbocycles. The first kappa shape index (κ1) is 24.8. The number of ether oxygens (including phenoxy) is 2. The van der Waals surface area contributed by atoms with Gasteiger partial charge in [-0.25, -0.2) is 9.63 Å². The Morgan fingerprint density at radius 1 is 1.35 bits per heavy atom. The lowest BCUT2D eigenvalue weighted by Gasteiger charge is -2.29. The highest BCUT2D eigenvalue weighted by Gasteiger charge is 2.49. The number of esters is 1. The minimum Gasteiger partial charge on any atom is -0.480 e. The summed E-state index contributed by atoms with van der Waals surface area (Å²) in [5.74, 6) is -2.72. The molecule has 14 heteroatoms. The topological polar surface area (TPSA) is 121 Å². The molecule has 1 aromatic rings. The summed E-state index contributed by atoms with van der Waals surface area (Å²) < 4.78 is 50.1. The highest BCUT2D eigenvalue weighted by molar-refractivity contribution is 6.32. The number of benzene rings is 1. The number of rotatable bonds is 8. The molecule has 0 aliphatic carbocycles. The van der Waals surface area contributed by atoms with E-state index >= 15 is 0 Å². The molecule has 0 aromatic heterocycles. The summed E-state index contributed by atoms with van der Waals surface area (Å²) in [5, 5.41) is 19.3. The van der Waals surface area contributed by atoms with Crippen LogP contribution in [0.3, 0.4) is 0 Å². The molecule has 0 unspecified atom stereocenters. The first-order valence-corrected chi connectivity index (χ1v) is 8.91. The second-order valence-electron chi connectivity index (χ2n) is 6.47. The molecule has 3 N–H and O–H groups in total. The number of carbonyl (C=O) groups excluding carboxylic acids is 1. The third-order valence-corrected chi connectivity index (χ3v) is 4.72. The number of carboxylic acid groups (broad SMARTS) is 1. The molecular weight excluding hydrogens is 451 g/mol. The molecule has 0 saturated carbocycles. The van der Waals surface area contributed by atoms with Crippen LogP contribution >= 0.6 is 11.6 Å². The second-order valence-corrected chi connectivity index (χ2v) is 6.85. The Kier molecular flexibility index (Phi) is 7.86. The van der Waals surface area contributed by atoms with E-state index in [9.17, 15) is 28.0 Å². The molecule has 0 saturated heterocycles. The highest BCUT2D eigenvalue weighted by Crippen LogP contribution is 2.41. The lowest BCUT2D eigenvalue weighted by atomic mass is 9.96. The number of carbonyl (C=O) groups is 2. The van der Waals surface area contributed by atoms with Gasteiger partial charge in [0.05, 0.1) is 5.57 Å². The fourth-order valence-corrected chi connectivity index (χ4v) is 2.78. The Labute approximate surface area is 179 Å². The summed E-state index contributed by atoms with van der Waals surface area (Å²) in [6.07, 6.45) is -6.49. The standard InChI is InChI=1S/C17H19ClF3N3O7/c1-8-4-12-10(9(2)14(8)18)5-11(15(31-12)17(19,20)21)16(27)29-7-30-22-24(28)23(3)6-13(25)26/h4-5,15,22,28H,6-7H2,1-3H3,(H,25,26)/t15-/m0/s1. The second kappa shape index (κ2) is 9.80. The lowest BCUT2D eigenvalue weighted by Crippen LogP contribution is -2.49. The number of carboxylic acids is 1. The molecule has 10 nitrogen and oxygen atoms in total. The summed E-state index contributed by atoms with van der Waals surface area (Å²) in [6, 6.07) is 1.35. The summed E-state index contributed by atoms with van der Waals surface area (Å²) in [7, 11) is 1.18. The fourth-order valence-electron chi connectivity index (χ4n) is 2.63. The van der Waals surface area contributed by atoms with Crippen LogP contribution in [0.4, 0.5) is 13.2 Å². The van der Waals surface area contributed by atoms with Crippen LogP contribution in [0, 0.1) is 13.8 Å². The predicted molar refractivity (Wildman–Crippen MR) is 98.4 cm³/mol. The Bertz CT molecular complexity index is 895. The number of aliphatic carboxylic acids is 1. The minimum absolute atomic E-state index is 0.0754. The molecule has 0 radical (unpaired) electrons. The van der Waals surface area contributed by atoms with Crippen LogP contribution < -0.4 is 10.3 Å². The minimum atomic E-state index is -4.91. The molecule has 0 bridgehead atoms. The van der Waals surface area contributed by atoms with Crippen molar-refractivity contribution in [3.05, 3.63) is 33.4 Å². The van der Waals surface area contributed by atoms with Crippen LogP contribution in [0.5, 0.6) is 5.75 Å². The number of aryl methyl sites for hydroxylation is 1. The van der Waals surface area contributed by atoms with Crippen LogP contribution in [0.25, 0.3) is 6.08 Å². The average Bonchev–Trinajstić information content (AvgIpc) is 2.67. The van der Waals surface area contributed by atoms with Crippen molar-refractivity contribution in [2.45, 2.75) is 26.1 Å². The number of halogens is 4. The average molecular weight is 470 g/mol. The van der Waals surface area contributed by atoms with Gasteiger partial charge < -0.3 is 14.6 Å². The molecule has 1 aliphatic rings. The van der Waals surface area contributed by atoms with Crippen molar-refractivity contribution in [1.29, 1.82) is 0 Å². The quantitative estimate of drug-likeness (QED) is 0.226. The third-order valence-electron chi connectivity index (χ3n) is 4.14. The van der Waals surface area contributed by atoms with E-state index in [1.807, 2.05) is 5.59 Å². The molecule has 1 aliphatic heterocycles. The van der Waals surface area contributed by atoms with E-state index in [2.05, 4.69) is 9.57 Å². The largest absolute Gasteiger partial charge is 0.480 e. The smallest absolute Gasteiger partial charge is 0.430 e. The van der Waals surface area contributed by atoms with Gasteiger partial charge in [-0.2, -0.15) is 18.2 Å². The number of fused-ring (bicyclic) bond motifs is 1. The molecule has 1 atom stereocenters. The zero-order valence-electron chi connectivity index (χ0n) is 16.5. The third kappa shape index (κ3) is 6.06. The maximum Gasteiger partial charge on any atom is 0.430 e. The molecule has 172 valence electrons. The maximum atomic E-state index is 13.5.